The fourth-order valence-electron chi connectivity index (χ4n) is 3.33. The predicted octanol–water partition coefficient (Wildman–Crippen LogP) is 5.19. The Bertz CT molecular complexity index is 396. The Morgan fingerprint density at radius 3 is 2.55 bits per heavy atom. The lowest BCUT2D eigenvalue weighted by molar-refractivity contribution is 0.348. The van der Waals surface area contributed by atoms with Crippen LogP contribution in [0.25, 0.3) is 0 Å². The van der Waals surface area contributed by atoms with Crippen LogP contribution in [0.1, 0.15) is 51.5 Å². The van der Waals surface area contributed by atoms with Gasteiger partial charge in [-0.1, -0.05) is 73.7 Å². The summed E-state index contributed by atoms with van der Waals surface area (Å²) in [6, 6.07) is 9.27. The first-order valence-corrected chi connectivity index (χ1v) is 8.91. The molecule has 2 heteroatoms. The molecule has 0 heterocycles. The maximum absolute atomic E-state index is 3.70. The molecular formula is C18H28BrN. The highest BCUT2D eigenvalue weighted by Gasteiger charge is 2.21. The van der Waals surface area contributed by atoms with E-state index in [1.807, 2.05) is 0 Å². The third kappa shape index (κ3) is 5.21. The highest BCUT2D eigenvalue weighted by Crippen LogP contribution is 2.32. The molecule has 1 saturated carbocycles. The van der Waals surface area contributed by atoms with Gasteiger partial charge in [-0.3, -0.25) is 0 Å². The van der Waals surface area contributed by atoms with Gasteiger partial charge in [0, 0.05) is 10.5 Å². The van der Waals surface area contributed by atoms with Crippen molar-refractivity contribution < 1.29 is 0 Å². The molecular weight excluding hydrogens is 310 g/mol. The Morgan fingerprint density at radius 1 is 1.20 bits per heavy atom. The van der Waals surface area contributed by atoms with Crippen LogP contribution in [0.15, 0.2) is 28.7 Å². The van der Waals surface area contributed by atoms with Crippen LogP contribution < -0.4 is 5.32 Å². The molecule has 0 aliphatic heterocycles. The zero-order valence-electron chi connectivity index (χ0n) is 12.9. The van der Waals surface area contributed by atoms with Crippen LogP contribution in [0.4, 0.5) is 0 Å². The third-order valence-electron chi connectivity index (χ3n) is 4.42. The Morgan fingerprint density at radius 2 is 1.90 bits per heavy atom. The quantitative estimate of drug-likeness (QED) is 0.722. The second-order valence-electron chi connectivity index (χ2n) is 6.61. The van der Waals surface area contributed by atoms with E-state index in [2.05, 4.69) is 59.4 Å². The van der Waals surface area contributed by atoms with E-state index in [-0.39, 0.29) is 0 Å². The number of benzene rings is 1. The molecule has 1 unspecified atom stereocenters. The van der Waals surface area contributed by atoms with E-state index in [4.69, 9.17) is 0 Å². The highest BCUT2D eigenvalue weighted by atomic mass is 79.9. The van der Waals surface area contributed by atoms with Gasteiger partial charge in [0.25, 0.3) is 0 Å². The van der Waals surface area contributed by atoms with Gasteiger partial charge >= 0.3 is 0 Å². The van der Waals surface area contributed by atoms with Crippen molar-refractivity contribution in [2.24, 2.45) is 11.8 Å². The van der Waals surface area contributed by atoms with Gasteiger partial charge in [-0.25, -0.2) is 0 Å². The van der Waals surface area contributed by atoms with Crippen molar-refractivity contribution in [2.45, 2.75) is 58.4 Å². The van der Waals surface area contributed by atoms with Gasteiger partial charge in [-0.05, 0) is 42.9 Å². The molecule has 1 fully saturated rings. The van der Waals surface area contributed by atoms with Gasteiger partial charge in [0.2, 0.25) is 0 Å². The summed E-state index contributed by atoms with van der Waals surface area (Å²) in [6.45, 7) is 5.63. The van der Waals surface area contributed by atoms with E-state index in [1.165, 1.54) is 48.6 Å². The van der Waals surface area contributed by atoms with Crippen molar-refractivity contribution in [3.63, 3.8) is 0 Å². The lowest BCUT2D eigenvalue weighted by Crippen LogP contribution is -2.31. The molecule has 0 spiro atoms. The first-order valence-electron chi connectivity index (χ1n) is 8.12. The van der Waals surface area contributed by atoms with Gasteiger partial charge in [0.05, 0.1) is 0 Å². The lowest BCUT2D eigenvalue weighted by atomic mass is 9.88. The normalized spacial score (nSPS) is 17.8. The molecule has 1 N–H and O–H groups in total. The van der Waals surface area contributed by atoms with Crippen LogP contribution in [0.5, 0.6) is 0 Å². The molecule has 20 heavy (non-hydrogen) atoms. The van der Waals surface area contributed by atoms with E-state index in [9.17, 15) is 0 Å². The summed E-state index contributed by atoms with van der Waals surface area (Å²) < 4.78 is 1.26. The summed E-state index contributed by atoms with van der Waals surface area (Å²) >= 11 is 3.70. The van der Waals surface area contributed by atoms with Crippen LogP contribution in [-0.2, 0) is 6.42 Å². The van der Waals surface area contributed by atoms with Crippen LogP contribution in [0, 0.1) is 11.8 Å². The van der Waals surface area contributed by atoms with Gasteiger partial charge < -0.3 is 5.32 Å². The van der Waals surface area contributed by atoms with E-state index < -0.39 is 0 Å². The summed E-state index contributed by atoms with van der Waals surface area (Å²) in [5, 5.41) is 3.64. The molecule has 112 valence electrons. The monoisotopic (exact) mass is 337 g/mol. The number of nitrogens with one attached hydrogen (secondary N) is 1. The summed E-state index contributed by atoms with van der Waals surface area (Å²) in [7, 11) is 0. The van der Waals surface area contributed by atoms with E-state index in [0.717, 1.165) is 18.4 Å². The number of hydrogen-bond donors (Lipinski definition) is 1. The van der Waals surface area contributed by atoms with Crippen molar-refractivity contribution in [1.82, 2.24) is 5.32 Å². The zero-order chi connectivity index (χ0) is 14.4. The minimum Gasteiger partial charge on any atom is -0.314 e. The highest BCUT2D eigenvalue weighted by molar-refractivity contribution is 9.10. The maximum atomic E-state index is 3.70. The average Bonchev–Trinajstić information content (AvgIpc) is 2.91. The molecule has 1 nitrogen and oxygen atoms in total. The van der Waals surface area contributed by atoms with Gasteiger partial charge in [-0.2, -0.15) is 0 Å². The molecule has 1 aliphatic rings. The molecule has 0 aromatic heterocycles. The maximum Gasteiger partial charge on any atom is 0.0207 e. The second kappa shape index (κ2) is 8.19. The van der Waals surface area contributed by atoms with Crippen LogP contribution in [0.2, 0.25) is 0 Å². The van der Waals surface area contributed by atoms with Crippen LogP contribution >= 0.6 is 15.9 Å². The lowest BCUT2D eigenvalue weighted by Gasteiger charge is -2.23. The molecule has 1 atom stereocenters. The van der Waals surface area contributed by atoms with E-state index >= 15 is 0 Å². The summed E-state index contributed by atoms with van der Waals surface area (Å²) in [6.07, 6.45) is 8.38. The fraction of sp³-hybridized carbons (Fsp3) is 0.667. The minimum atomic E-state index is 0.584. The van der Waals surface area contributed by atoms with Gasteiger partial charge in [0.1, 0.15) is 0 Å². The summed E-state index contributed by atoms with van der Waals surface area (Å²) in [5.41, 5.74) is 1.46. The molecule has 1 aromatic rings. The van der Waals surface area contributed by atoms with Crippen molar-refractivity contribution in [1.29, 1.82) is 0 Å². The van der Waals surface area contributed by atoms with Crippen LogP contribution in [0.3, 0.4) is 0 Å². The van der Waals surface area contributed by atoms with Crippen LogP contribution in [-0.4, -0.2) is 12.6 Å². The predicted molar refractivity (Wildman–Crippen MR) is 91.0 cm³/mol. The number of halogens is 1. The first-order chi connectivity index (χ1) is 9.65. The zero-order valence-corrected chi connectivity index (χ0v) is 14.5. The second-order valence-corrected chi connectivity index (χ2v) is 7.47. The standard InChI is InChI=1S/C18H28BrN/c1-14(2)20-13-16(11-15-7-3-4-8-15)12-17-9-5-6-10-18(17)19/h5-6,9-10,14-16,20H,3-4,7-8,11-13H2,1-2H3. The van der Waals surface area contributed by atoms with E-state index in [0.29, 0.717) is 6.04 Å². The average molecular weight is 338 g/mol. The molecule has 2 rings (SSSR count). The van der Waals surface area contributed by atoms with Crippen molar-refractivity contribution in [2.75, 3.05) is 6.54 Å². The Labute approximate surface area is 132 Å². The first kappa shape index (κ1) is 16.0. The SMILES string of the molecule is CC(C)NCC(Cc1ccccc1Br)CC1CCCC1. The topological polar surface area (TPSA) is 12.0 Å². The number of hydrogen-bond acceptors (Lipinski definition) is 1. The molecule has 1 aliphatic carbocycles. The van der Waals surface area contributed by atoms with Crippen molar-refractivity contribution in [3.05, 3.63) is 34.3 Å². The van der Waals surface area contributed by atoms with Gasteiger partial charge in [0.15, 0.2) is 0 Å². The fourth-order valence-corrected chi connectivity index (χ4v) is 3.78. The molecule has 0 bridgehead atoms. The van der Waals surface area contributed by atoms with Crippen molar-refractivity contribution >= 4 is 15.9 Å². The smallest absolute Gasteiger partial charge is 0.0207 e. The number of rotatable bonds is 7. The molecule has 0 saturated heterocycles. The summed E-state index contributed by atoms with van der Waals surface area (Å²) in [4.78, 5) is 0. The molecule has 1 aromatic carbocycles. The molecule has 0 radical (unpaired) electrons. The van der Waals surface area contributed by atoms with E-state index in [1.54, 1.807) is 0 Å². The Kier molecular flexibility index (Phi) is 6.57. The van der Waals surface area contributed by atoms with Gasteiger partial charge in [-0.15, -0.1) is 0 Å². The molecule has 0 amide bonds. The third-order valence-corrected chi connectivity index (χ3v) is 5.20. The summed E-state index contributed by atoms with van der Waals surface area (Å²) in [5.74, 6) is 1.73. The Balaban J connectivity index is 1.95. The minimum absolute atomic E-state index is 0.584. The van der Waals surface area contributed by atoms with Crippen molar-refractivity contribution in [3.8, 4) is 0 Å². The Hall–Kier alpha value is -0.340. The largest absolute Gasteiger partial charge is 0.314 e.